The van der Waals surface area contributed by atoms with Crippen molar-refractivity contribution in [1.82, 2.24) is 4.90 Å². The number of morpholine rings is 1. The zero-order chi connectivity index (χ0) is 26.0. The van der Waals surface area contributed by atoms with Crippen molar-refractivity contribution < 1.29 is 36.8 Å². The minimum absolute atomic E-state index is 0.196. The molecular formula is C26H35NO8S. The third kappa shape index (κ3) is 7.78. The van der Waals surface area contributed by atoms with Gasteiger partial charge in [-0.1, -0.05) is 6.07 Å². The predicted molar refractivity (Wildman–Crippen MR) is 138 cm³/mol. The van der Waals surface area contributed by atoms with Crippen LogP contribution in [-0.2, 0) is 20.3 Å². The van der Waals surface area contributed by atoms with E-state index in [1.54, 1.807) is 37.4 Å². The summed E-state index contributed by atoms with van der Waals surface area (Å²) in [6, 6.07) is 8.50. The van der Waals surface area contributed by atoms with Gasteiger partial charge in [-0.3, -0.25) is 4.90 Å². The minimum Gasteiger partial charge on any atom is -0.496 e. The first kappa shape index (κ1) is 27.6. The molecule has 36 heavy (non-hydrogen) atoms. The Morgan fingerprint density at radius 1 is 0.889 bits per heavy atom. The van der Waals surface area contributed by atoms with Crippen LogP contribution in [0.25, 0.3) is 6.08 Å². The van der Waals surface area contributed by atoms with Crippen LogP contribution in [0.5, 0.6) is 28.7 Å². The molecular weight excluding hydrogens is 486 g/mol. The molecule has 3 rings (SSSR count). The van der Waals surface area contributed by atoms with E-state index in [2.05, 4.69) is 4.90 Å². The number of nitrogens with zero attached hydrogens (tertiary/aromatic N) is 1. The molecule has 1 saturated heterocycles. The van der Waals surface area contributed by atoms with Crippen molar-refractivity contribution in [3.05, 3.63) is 46.9 Å². The number of benzene rings is 2. The quantitative estimate of drug-likeness (QED) is 0.368. The molecule has 9 nitrogen and oxygen atoms in total. The summed E-state index contributed by atoms with van der Waals surface area (Å²) in [5.41, 5.74) is 1.10. The fourth-order valence-electron chi connectivity index (χ4n) is 3.87. The largest absolute Gasteiger partial charge is 0.496 e. The third-order valence-corrected chi connectivity index (χ3v) is 7.06. The van der Waals surface area contributed by atoms with Crippen molar-refractivity contribution >= 4 is 15.9 Å². The van der Waals surface area contributed by atoms with E-state index >= 15 is 0 Å². The lowest BCUT2D eigenvalue weighted by Crippen LogP contribution is -2.37. The van der Waals surface area contributed by atoms with Crippen LogP contribution in [0, 0.1) is 0 Å². The van der Waals surface area contributed by atoms with E-state index in [1.165, 1.54) is 27.4 Å². The lowest BCUT2D eigenvalue weighted by atomic mass is 10.1. The molecule has 0 aliphatic carbocycles. The van der Waals surface area contributed by atoms with Crippen LogP contribution in [0.3, 0.4) is 0 Å². The fourth-order valence-corrected chi connectivity index (χ4v) is 4.95. The molecule has 1 aliphatic rings. The number of rotatable bonds is 13. The molecule has 2 aromatic carbocycles. The summed E-state index contributed by atoms with van der Waals surface area (Å²) in [6.07, 6.45) is 2.32. The molecule has 0 spiro atoms. The number of ether oxygens (including phenoxy) is 6. The summed E-state index contributed by atoms with van der Waals surface area (Å²) in [4.78, 5) is 2.34. The zero-order valence-corrected chi connectivity index (χ0v) is 22.1. The highest BCUT2D eigenvalue weighted by atomic mass is 32.2. The molecule has 2 aromatic rings. The molecule has 0 bridgehead atoms. The van der Waals surface area contributed by atoms with E-state index in [0.717, 1.165) is 44.7 Å². The summed E-state index contributed by atoms with van der Waals surface area (Å²) >= 11 is 0. The standard InChI is InChI=1S/C26H35NO8S/c1-30-21-17-24(32-3)22(25(18-21)33-4)8-15-36(28,29)19-20-6-7-23(31-2)26(16-20)35-12-5-9-27-10-13-34-14-11-27/h6-8,15-18H,5,9-14,19H2,1-4H3. The average Bonchev–Trinajstić information content (AvgIpc) is 2.90. The predicted octanol–water partition coefficient (Wildman–Crippen LogP) is 3.41. The first-order valence-corrected chi connectivity index (χ1v) is 13.4. The Morgan fingerprint density at radius 2 is 1.56 bits per heavy atom. The molecule has 10 heteroatoms. The Hall–Kier alpha value is -2.95. The van der Waals surface area contributed by atoms with Gasteiger partial charge in [-0.15, -0.1) is 0 Å². The van der Waals surface area contributed by atoms with E-state index < -0.39 is 9.84 Å². The summed E-state index contributed by atoms with van der Waals surface area (Å²) in [5, 5.41) is 1.16. The van der Waals surface area contributed by atoms with Crippen LogP contribution in [0.1, 0.15) is 17.5 Å². The normalized spacial score (nSPS) is 14.6. The second-order valence-electron chi connectivity index (χ2n) is 8.20. The van der Waals surface area contributed by atoms with Gasteiger partial charge in [0.2, 0.25) is 0 Å². The second kappa shape index (κ2) is 13.4. The summed E-state index contributed by atoms with van der Waals surface area (Å²) < 4.78 is 58.6. The van der Waals surface area contributed by atoms with Gasteiger partial charge in [-0.25, -0.2) is 8.42 Å². The van der Waals surface area contributed by atoms with Gasteiger partial charge >= 0.3 is 0 Å². The summed E-state index contributed by atoms with van der Waals surface area (Å²) in [6.45, 7) is 4.80. The van der Waals surface area contributed by atoms with Crippen molar-refractivity contribution in [3.63, 3.8) is 0 Å². The van der Waals surface area contributed by atoms with Gasteiger partial charge in [-0.2, -0.15) is 0 Å². The first-order chi connectivity index (χ1) is 17.4. The van der Waals surface area contributed by atoms with Crippen molar-refractivity contribution in [3.8, 4) is 28.7 Å². The van der Waals surface area contributed by atoms with Gasteiger partial charge in [0.25, 0.3) is 0 Å². The molecule has 0 saturated carbocycles. The lowest BCUT2D eigenvalue weighted by Gasteiger charge is -2.26. The van der Waals surface area contributed by atoms with Crippen LogP contribution < -0.4 is 23.7 Å². The topological polar surface area (TPSA) is 92.8 Å². The fraction of sp³-hybridized carbons (Fsp3) is 0.462. The molecule has 0 aromatic heterocycles. The van der Waals surface area contributed by atoms with Gasteiger partial charge in [0, 0.05) is 37.2 Å². The second-order valence-corrected chi connectivity index (χ2v) is 10.1. The van der Waals surface area contributed by atoms with Crippen molar-refractivity contribution in [2.75, 3.05) is 67.9 Å². The smallest absolute Gasteiger partial charge is 0.175 e. The highest BCUT2D eigenvalue weighted by molar-refractivity contribution is 7.93. The van der Waals surface area contributed by atoms with E-state index in [-0.39, 0.29) is 5.75 Å². The Kier molecular flexibility index (Phi) is 10.3. The van der Waals surface area contributed by atoms with Gasteiger partial charge in [0.15, 0.2) is 21.3 Å². The zero-order valence-electron chi connectivity index (χ0n) is 21.3. The van der Waals surface area contributed by atoms with Gasteiger partial charge in [0.05, 0.1) is 59.6 Å². The van der Waals surface area contributed by atoms with Gasteiger partial charge in [-0.05, 0) is 30.2 Å². The molecule has 0 radical (unpaired) electrons. The maximum Gasteiger partial charge on any atom is 0.175 e. The van der Waals surface area contributed by atoms with Crippen LogP contribution in [0.4, 0.5) is 0 Å². The monoisotopic (exact) mass is 521 g/mol. The summed E-state index contributed by atoms with van der Waals surface area (Å²) in [5.74, 6) is 2.31. The van der Waals surface area contributed by atoms with Gasteiger partial charge < -0.3 is 28.4 Å². The molecule has 198 valence electrons. The molecule has 1 fully saturated rings. The first-order valence-electron chi connectivity index (χ1n) is 11.7. The average molecular weight is 522 g/mol. The Balaban J connectivity index is 1.68. The minimum atomic E-state index is -3.61. The Morgan fingerprint density at radius 3 is 2.17 bits per heavy atom. The Labute approximate surface area is 213 Å². The number of hydrogen-bond acceptors (Lipinski definition) is 9. The van der Waals surface area contributed by atoms with Crippen molar-refractivity contribution in [2.24, 2.45) is 0 Å². The summed E-state index contributed by atoms with van der Waals surface area (Å²) in [7, 11) is 2.48. The van der Waals surface area contributed by atoms with Crippen LogP contribution in [-0.4, -0.2) is 81.2 Å². The molecule has 1 heterocycles. The van der Waals surface area contributed by atoms with Crippen molar-refractivity contribution in [1.29, 1.82) is 0 Å². The van der Waals surface area contributed by atoms with E-state index in [1.807, 2.05) is 0 Å². The van der Waals surface area contributed by atoms with Crippen LogP contribution in [0.2, 0.25) is 0 Å². The molecule has 0 unspecified atom stereocenters. The van der Waals surface area contributed by atoms with E-state index in [0.29, 0.717) is 46.5 Å². The molecule has 0 amide bonds. The molecule has 0 N–H and O–H groups in total. The number of sulfone groups is 1. The number of methoxy groups -OCH3 is 4. The van der Waals surface area contributed by atoms with E-state index in [4.69, 9.17) is 28.4 Å². The third-order valence-electron chi connectivity index (χ3n) is 5.77. The molecule has 0 atom stereocenters. The van der Waals surface area contributed by atoms with E-state index in [9.17, 15) is 8.42 Å². The maximum absolute atomic E-state index is 12.9. The van der Waals surface area contributed by atoms with Crippen LogP contribution >= 0.6 is 0 Å². The Bertz CT molecular complexity index is 1100. The highest BCUT2D eigenvalue weighted by Crippen LogP contribution is 2.35. The van der Waals surface area contributed by atoms with Gasteiger partial charge in [0.1, 0.15) is 17.2 Å². The number of hydrogen-bond donors (Lipinski definition) is 0. The SMILES string of the molecule is COc1cc(OC)c(C=CS(=O)(=O)Cc2ccc(OC)c(OCCCN3CCOCC3)c2)c(OC)c1. The highest BCUT2D eigenvalue weighted by Gasteiger charge is 2.15. The van der Waals surface area contributed by atoms with Crippen LogP contribution in [0.15, 0.2) is 35.7 Å². The van der Waals surface area contributed by atoms with Crippen molar-refractivity contribution in [2.45, 2.75) is 12.2 Å². The maximum atomic E-state index is 12.9. The molecule has 1 aliphatic heterocycles. The lowest BCUT2D eigenvalue weighted by molar-refractivity contribution is 0.0357.